The number of aromatic nitrogens is 3. The Morgan fingerprint density at radius 2 is 2.23 bits per heavy atom. The van der Waals surface area contributed by atoms with Crippen LogP contribution in [0.25, 0.3) is 5.52 Å². The topological polar surface area (TPSA) is 33.4 Å². The minimum Gasteiger partial charge on any atom is -0.348 e. The van der Waals surface area contributed by atoms with Crippen LogP contribution in [0.3, 0.4) is 0 Å². The highest BCUT2D eigenvalue weighted by Crippen LogP contribution is 2.21. The molecule has 0 N–H and O–H groups in total. The van der Waals surface area contributed by atoms with E-state index in [1.54, 1.807) is 12.4 Å². The molecule has 0 aliphatic heterocycles. The van der Waals surface area contributed by atoms with Crippen LogP contribution < -0.4 is 4.90 Å². The van der Waals surface area contributed by atoms with Crippen LogP contribution in [0.2, 0.25) is 0 Å². The van der Waals surface area contributed by atoms with Crippen LogP contribution in [0.5, 0.6) is 0 Å². The lowest BCUT2D eigenvalue weighted by Crippen LogP contribution is -2.12. The zero-order chi connectivity index (χ0) is 9.42. The maximum Gasteiger partial charge on any atom is 0.210 e. The van der Waals surface area contributed by atoms with Gasteiger partial charge in [-0.05, 0) is 15.9 Å². The normalized spacial score (nSPS) is 10.7. The van der Waals surface area contributed by atoms with E-state index in [4.69, 9.17) is 0 Å². The van der Waals surface area contributed by atoms with E-state index < -0.39 is 0 Å². The Kier molecular flexibility index (Phi) is 1.95. The van der Waals surface area contributed by atoms with Crippen LogP contribution in [-0.4, -0.2) is 28.5 Å². The summed E-state index contributed by atoms with van der Waals surface area (Å²) in [4.78, 5) is 10.3. The van der Waals surface area contributed by atoms with Gasteiger partial charge < -0.3 is 4.90 Å². The van der Waals surface area contributed by atoms with Crippen molar-refractivity contribution in [1.29, 1.82) is 0 Å². The van der Waals surface area contributed by atoms with E-state index in [1.165, 1.54) is 0 Å². The number of rotatable bonds is 1. The smallest absolute Gasteiger partial charge is 0.210 e. The minimum atomic E-state index is 0.823. The first kappa shape index (κ1) is 8.50. The van der Waals surface area contributed by atoms with Gasteiger partial charge in [-0.3, -0.25) is 9.38 Å². The second-order valence-electron chi connectivity index (χ2n) is 2.93. The van der Waals surface area contributed by atoms with Gasteiger partial charge in [0.2, 0.25) is 5.95 Å². The van der Waals surface area contributed by atoms with Crippen LogP contribution in [-0.2, 0) is 0 Å². The third-order valence-electron chi connectivity index (χ3n) is 1.78. The van der Waals surface area contributed by atoms with Crippen molar-refractivity contribution >= 4 is 27.4 Å². The molecule has 2 rings (SSSR count). The molecule has 0 saturated heterocycles. The van der Waals surface area contributed by atoms with Gasteiger partial charge in [0.05, 0.1) is 11.7 Å². The fourth-order valence-corrected chi connectivity index (χ4v) is 1.65. The summed E-state index contributed by atoms with van der Waals surface area (Å²) in [6.45, 7) is 0. The van der Waals surface area contributed by atoms with Crippen molar-refractivity contribution in [3.63, 3.8) is 0 Å². The first-order chi connectivity index (χ1) is 6.20. The Morgan fingerprint density at radius 1 is 1.46 bits per heavy atom. The predicted octanol–water partition coefficient (Wildman–Crippen LogP) is 1.56. The van der Waals surface area contributed by atoms with E-state index in [-0.39, 0.29) is 0 Å². The highest BCUT2D eigenvalue weighted by atomic mass is 79.9. The predicted molar refractivity (Wildman–Crippen MR) is 55.0 cm³/mol. The van der Waals surface area contributed by atoms with Crippen molar-refractivity contribution < 1.29 is 0 Å². The van der Waals surface area contributed by atoms with Crippen LogP contribution in [0, 0.1) is 0 Å². The summed E-state index contributed by atoms with van der Waals surface area (Å²) in [5.74, 6) is 0.893. The van der Waals surface area contributed by atoms with Gasteiger partial charge in [-0.15, -0.1) is 0 Å². The molecule has 0 unspecified atom stereocenters. The van der Waals surface area contributed by atoms with Gasteiger partial charge in [0, 0.05) is 26.5 Å². The molecule has 13 heavy (non-hydrogen) atoms. The monoisotopic (exact) mass is 240 g/mol. The summed E-state index contributed by atoms with van der Waals surface area (Å²) in [5, 5.41) is 0. The lowest BCUT2D eigenvalue weighted by molar-refractivity contribution is 0.985. The molecule has 0 atom stereocenters. The molecule has 0 aromatic carbocycles. The van der Waals surface area contributed by atoms with Gasteiger partial charge in [0.1, 0.15) is 4.60 Å². The molecule has 0 saturated carbocycles. The van der Waals surface area contributed by atoms with Gasteiger partial charge in [-0.2, -0.15) is 0 Å². The first-order valence-corrected chi connectivity index (χ1v) is 4.64. The highest BCUT2D eigenvalue weighted by molar-refractivity contribution is 9.10. The highest BCUT2D eigenvalue weighted by Gasteiger charge is 2.09. The molecule has 0 amide bonds. The van der Waals surface area contributed by atoms with E-state index in [1.807, 2.05) is 29.6 Å². The number of fused-ring (bicyclic) bond motifs is 1. The standard InChI is InChI=1S/C8H9BrN4/c1-12(2)8-11-7(9)6-5-10-3-4-13(6)8/h3-5H,1-2H3. The maximum atomic E-state index is 4.35. The van der Waals surface area contributed by atoms with Crippen LogP contribution in [0.4, 0.5) is 5.95 Å². The average molecular weight is 241 g/mol. The van der Waals surface area contributed by atoms with Gasteiger partial charge in [0.15, 0.2) is 0 Å². The van der Waals surface area contributed by atoms with E-state index >= 15 is 0 Å². The van der Waals surface area contributed by atoms with Crippen molar-refractivity contribution in [3.05, 3.63) is 23.2 Å². The number of nitrogens with zero attached hydrogens (tertiary/aromatic N) is 4. The van der Waals surface area contributed by atoms with Crippen LogP contribution in [0.1, 0.15) is 0 Å². The second-order valence-corrected chi connectivity index (χ2v) is 3.68. The van der Waals surface area contributed by atoms with Crippen molar-refractivity contribution in [2.24, 2.45) is 0 Å². The first-order valence-electron chi connectivity index (χ1n) is 3.85. The molecule has 0 spiro atoms. The molecule has 0 bridgehead atoms. The molecule has 0 aliphatic carbocycles. The second kappa shape index (κ2) is 2.99. The molecule has 0 aliphatic rings. The number of halogens is 1. The fourth-order valence-electron chi connectivity index (χ4n) is 1.20. The fraction of sp³-hybridized carbons (Fsp3) is 0.250. The summed E-state index contributed by atoms with van der Waals surface area (Å²) in [6, 6.07) is 0. The summed E-state index contributed by atoms with van der Waals surface area (Å²) >= 11 is 3.39. The van der Waals surface area contributed by atoms with Crippen molar-refractivity contribution in [3.8, 4) is 0 Å². The van der Waals surface area contributed by atoms with E-state index in [0.29, 0.717) is 0 Å². The molecular weight excluding hydrogens is 232 g/mol. The average Bonchev–Trinajstić information content (AvgIpc) is 2.45. The molecule has 0 fully saturated rings. The number of anilines is 1. The zero-order valence-corrected chi connectivity index (χ0v) is 8.98. The molecule has 68 valence electrons. The van der Waals surface area contributed by atoms with Gasteiger partial charge in [-0.1, -0.05) is 0 Å². The van der Waals surface area contributed by atoms with Gasteiger partial charge in [0.25, 0.3) is 0 Å². The molecule has 2 heterocycles. The Morgan fingerprint density at radius 3 is 2.92 bits per heavy atom. The van der Waals surface area contributed by atoms with Crippen molar-refractivity contribution in [2.45, 2.75) is 0 Å². The molecule has 2 aromatic rings. The lowest BCUT2D eigenvalue weighted by atomic mass is 10.6. The lowest BCUT2D eigenvalue weighted by Gasteiger charge is -2.08. The van der Waals surface area contributed by atoms with Crippen molar-refractivity contribution in [1.82, 2.24) is 14.4 Å². The van der Waals surface area contributed by atoms with Crippen LogP contribution >= 0.6 is 15.9 Å². The number of imidazole rings is 1. The quantitative estimate of drug-likeness (QED) is 0.759. The molecule has 5 heteroatoms. The Balaban J connectivity index is 2.78. The van der Waals surface area contributed by atoms with E-state index in [0.717, 1.165) is 16.1 Å². The number of hydrogen-bond acceptors (Lipinski definition) is 3. The third-order valence-corrected chi connectivity index (χ3v) is 2.37. The summed E-state index contributed by atoms with van der Waals surface area (Å²) < 4.78 is 2.81. The van der Waals surface area contributed by atoms with Crippen LogP contribution in [0.15, 0.2) is 23.2 Å². The SMILES string of the molecule is CN(C)c1nc(Br)c2cnccn12. The largest absolute Gasteiger partial charge is 0.348 e. The number of hydrogen-bond donors (Lipinski definition) is 0. The Labute approximate surface area is 84.3 Å². The van der Waals surface area contributed by atoms with E-state index in [2.05, 4.69) is 25.9 Å². The molecule has 2 aromatic heterocycles. The molecule has 0 radical (unpaired) electrons. The van der Waals surface area contributed by atoms with Gasteiger partial charge >= 0.3 is 0 Å². The zero-order valence-electron chi connectivity index (χ0n) is 7.40. The molecular formula is C8H9BrN4. The van der Waals surface area contributed by atoms with E-state index in [9.17, 15) is 0 Å². The summed E-state index contributed by atoms with van der Waals surface area (Å²) in [5.41, 5.74) is 0.978. The summed E-state index contributed by atoms with van der Waals surface area (Å²) in [7, 11) is 3.92. The Bertz CT molecular complexity index is 435. The maximum absolute atomic E-state index is 4.35. The minimum absolute atomic E-state index is 0.823. The molecule has 4 nitrogen and oxygen atoms in total. The summed E-state index contributed by atoms with van der Waals surface area (Å²) in [6.07, 6.45) is 5.42. The third kappa shape index (κ3) is 1.29. The van der Waals surface area contributed by atoms with Crippen molar-refractivity contribution in [2.75, 3.05) is 19.0 Å². The Hall–Kier alpha value is -1.10. The van der Waals surface area contributed by atoms with Gasteiger partial charge in [-0.25, -0.2) is 4.98 Å².